The third-order valence-corrected chi connectivity index (χ3v) is 3.23. The van der Waals surface area contributed by atoms with Crippen molar-refractivity contribution in [2.45, 2.75) is 18.6 Å². The van der Waals surface area contributed by atoms with Crippen LogP contribution in [0.15, 0.2) is 0 Å². The first-order chi connectivity index (χ1) is 7.55. The van der Waals surface area contributed by atoms with E-state index in [4.69, 9.17) is 4.74 Å². The van der Waals surface area contributed by atoms with Gasteiger partial charge in [0.1, 0.15) is 6.10 Å². The molecule has 1 heterocycles. The van der Waals surface area contributed by atoms with Crippen LogP contribution in [0.4, 0.5) is 0 Å². The highest BCUT2D eigenvalue weighted by Crippen LogP contribution is 2.09. The monoisotopic (exact) mass is 248 g/mol. The van der Waals surface area contributed by atoms with Crippen molar-refractivity contribution in [3.63, 3.8) is 0 Å². The Hall–Kier alpha value is -0.300. The van der Waals surface area contributed by atoms with Crippen LogP contribution in [0.1, 0.15) is 6.92 Å². The van der Waals surface area contributed by atoms with Gasteiger partial charge in [0.05, 0.1) is 12.2 Å². The summed E-state index contributed by atoms with van der Waals surface area (Å²) in [4.78, 5) is 11.7. The molecule has 0 bridgehead atoms. The third-order valence-electron chi connectivity index (χ3n) is 2.32. The lowest BCUT2D eigenvalue weighted by molar-refractivity contribution is -0.135. The first kappa shape index (κ1) is 13.8. The molecule has 0 aliphatic carbocycles. The number of hydrogen-bond acceptors (Lipinski definition) is 5. The summed E-state index contributed by atoms with van der Waals surface area (Å²) in [6.07, 6.45) is 1.49. The van der Waals surface area contributed by atoms with Gasteiger partial charge in [-0.2, -0.15) is 11.8 Å². The molecule has 1 aliphatic rings. The normalized spacial score (nSPS) is 24.8. The molecule has 1 fully saturated rings. The van der Waals surface area contributed by atoms with E-state index in [2.05, 4.69) is 10.6 Å². The summed E-state index contributed by atoms with van der Waals surface area (Å²) in [6.45, 7) is 3.85. The smallest absolute Gasteiger partial charge is 0.250 e. The van der Waals surface area contributed by atoms with Gasteiger partial charge in [-0.25, -0.2) is 0 Å². The molecule has 0 aromatic rings. The van der Waals surface area contributed by atoms with Gasteiger partial charge in [-0.3, -0.25) is 4.79 Å². The zero-order valence-corrected chi connectivity index (χ0v) is 10.6. The average molecular weight is 248 g/mol. The van der Waals surface area contributed by atoms with E-state index in [0.717, 1.165) is 6.54 Å². The number of rotatable bonds is 5. The molecule has 1 aliphatic heterocycles. The number of aliphatic hydroxyl groups is 1. The number of amides is 1. The van der Waals surface area contributed by atoms with E-state index < -0.39 is 11.7 Å². The summed E-state index contributed by atoms with van der Waals surface area (Å²) in [5.41, 5.74) is -0.864. The molecule has 0 spiro atoms. The van der Waals surface area contributed by atoms with E-state index in [1.54, 1.807) is 18.7 Å². The van der Waals surface area contributed by atoms with Crippen molar-refractivity contribution in [3.05, 3.63) is 0 Å². The van der Waals surface area contributed by atoms with Crippen molar-refractivity contribution < 1.29 is 14.6 Å². The summed E-state index contributed by atoms with van der Waals surface area (Å²) in [6, 6.07) is 0. The summed E-state index contributed by atoms with van der Waals surface area (Å²) >= 11 is 1.55. The van der Waals surface area contributed by atoms with Crippen molar-refractivity contribution in [1.29, 1.82) is 0 Å². The van der Waals surface area contributed by atoms with Crippen molar-refractivity contribution >= 4 is 17.7 Å². The number of morpholine rings is 1. The molecule has 6 heteroatoms. The molecule has 0 aromatic heterocycles. The van der Waals surface area contributed by atoms with Crippen LogP contribution < -0.4 is 10.6 Å². The standard InChI is InChI=1S/C10H20N2O3S/c1-10(14,7-16-2)6-12-9(13)8-5-11-3-4-15-8/h8,11,14H,3-7H2,1-2H3,(H,12,13). The van der Waals surface area contributed by atoms with Gasteiger partial charge in [0.2, 0.25) is 0 Å². The molecule has 3 N–H and O–H groups in total. The van der Waals surface area contributed by atoms with Crippen LogP contribution in [0.2, 0.25) is 0 Å². The Morgan fingerprint density at radius 3 is 3.06 bits per heavy atom. The van der Waals surface area contributed by atoms with Gasteiger partial charge in [-0.1, -0.05) is 0 Å². The molecule has 0 aromatic carbocycles. The number of nitrogens with one attached hydrogen (secondary N) is 2. The molecule has 5 nitrogen and oxygen atoms in total. The van der Waals surface area contributed by atoms with Crippen molar-refractivity contribution in [2.75, 3.05) is 38.2 Å². The minimum Gasteiger partial charge on any atom is -0.387 e. The SMILES string of the molecule is CSCC(C)(O)CNC(=O)C1CNCCO1. The molecule has 94 valence electrons. The Morgan fingerprint density at radius 1 is 1.75 bits per heavy atom. The second kappa shape index (κ2) is 6.44. The highest BCUT2D eigenvalue weighted by atomic mass is 32.2. The second-order valence-electron chi connectivity index (χ2n) is 4.21. The van der Waals surface area contributed by atoms with Crippen molar-refractivity contribution in [1.82, 2.24) is 10.6 Å². The van der Waals surface area contributed by atoms with Gasteiger partial charge < -0.3 is 20.5 Å². The summed E-state index contributed by atoms with van der Waals surface area (Å²) in [5, 5.41) is 15.7. The second-order valence-corrected chi connectivity index (χ2v) is 5.08. The molecule has 1 rings (SSSR count). The first-order valence-electron chi connectivity index (χ1n) is 5.36. The highest BCUT2D eigenvalue weighted by Gasteiger charge is 2.25. The maximum absolute atomic E-state index is 11.7. The summed E-state index contributed by atoms with van der Waals surface area (Å²) in [7, 11) is 0. The van der Waals surface area contributed by atoms with Crippen LogP contribution in [-0.4, -0.2) is 61.0 Å². The van der Waals surface area contributed by atoms with E-state index in [-0.39, 0.29) is 12.5 Å². The molecule has 0 radical (unpaired) electrons. The van der Waals surface area contributed by atoms with Gasteiger partial charge in [0.15, 0.2) is 0 Å². The van der Waals surface area contributed by atoms with Crippen LogP contribution in [0.5, 0.6) is 0 Å². The molecule has 2 unspecified atom stereocenters. The van der Waals surface area contributed by atoms with E-state index >= 15 is 0 Å². The summed E-state index contributed by atoms with van der Waals surface area (Å²) in [5.74, 6) is 0.436. The van der Waals surface area contributed by atoms with E-state index in [1.807, 2.05) is 6.26 Å². The minimum atomic E-state index is -0.864. The van der Waals surface area contributed by atoms with Crippen LogP contribution >= 0.6 is 11.8 Å². The number of carbonyl (C=O) groups is 1. The highest BCUT2D eigenvalue weighted by molar-refractivity contribution is 7.98. The van der Waals surface area contributed by atoms with Crippen molar-refractivity contribution in [3.8, 4) is 0 Å². The third kappa shape index (κ3) is 4.69. The Kier molecular flexibility index (Phi) is 5.54. The molecular formula is C10H20N2O3S. The quantitative estimate of drug-likeness (QED) is 0.594. The number of hydrogen-bond donors (Lipinski definition) is 3. The molecule has 0 saturated carbocycles. The van der Waals surface area contributed by atoms with Crippen LogP contribution in [-0.2, 0) is 9.53 Å². The number of ether oxygens (including phenoxy) is 1. The minimum absolute atomic E-state index is 0.159. The lowest BCUT2D eigenvalue weighted by Crippen LogP contribution is -2.51. The van der Waals surface area contributed by atoms with Gasteiger partial charge in [0.25, 0.3) is 5.91 Å². The topological polar surface area (TPSA) is 70.6 Å². The zero-order chi connectivity index (χ0) is 12.0. The predicted molar refractivity (Wildman–Crippen MR) is 64.6 cm³/mol. The van der Waals surface area contributed by atoms with Crippen molar-refractivity contribution in [2.24, 2.45) is 0 Å². The molecule has 1 saturated heterocycles. The van der Waals surface area contributed by atoms with Gasteiger partial charge in [-0.15, -0.1) is 0 Å². The Morgan fingerprint density at radius 2 is 2.50 bits per heavy atom. The largest absolute Gasteiger partial charge is 0.387 e. The van der Waals surface area contributed by atoms with E-state index in [0.29, 0.717) is 18.9 Å². The lowest BCUT2D eigenvalue weighted by Gasteiger charge is -2.26. The first-order valence-corrected chi connectivity index (χ1v) is 6.76. The molecule has 16 heavy (non-hydrogen) atoms. The Labute approximate surface area is 100 Å². The molecule has 2 atom stereocenters. The van der Waals surface area contributed by atoms with Gasteiger partial charge in [-0.05, 0) is 13.2 Å². The summed E-state index contributed by atoms with van der Waals surface area (Å²) < 4.78 is 5.30. The fourth-order valence-electron chi connectivity index (χ4n) is 1.49. The number of carbonyl (C=O) groups excluding carboxylic acids is 1. The van der Waals surface area contributed by atoms with Crippen LogP contribution in [0.25, 0.3) is 0 Å². The molecule has 1 amide bonds. The van der Waals surface area contributed by atoms with Crippen LogP contribution in [0.3, 0.4) is 0 Å². The number of thioether (sulfide) groups is 1. The maximum atomic E-state index is 11.7. The lowest BCUT2D eigenvalue weighted by atomic mass is 10.1. The van der Waals surface area contributed by atoms with Gasteiger partial charge in [0, 0.05) is 25.4 Å². The average Bonchev–Trinajstić information content (AvgIpc) is 2.27. The zero-order valence-electron chi connectivity index (χ0n) is 9.78. The predicted octanol–water partition coefficient (Wildman–Crippen LogP) is -0.795. The Balaban J connectivity index is 2.28. The molecular weight excluding hydrogens is 228 g/mol. The maximum Gasteiger partial charge on any atom is 0.250 e. The Bertz CT molecular complexity index is 230. The fourth-order valence-corrected chi connectivity index (χ4v) is 2.21. The van der Waals surface area contributed by atoms with Gasteiger partial charge >= 0.3 is 0 Å². The van der Waals surface area contributed by atoms with E-state index in [1.165, 1.54) is 0 Å². The van der Waals surface area contributed by atoms with E-state index in [9.17, 15) is 9.90 Å². The van der Waals surface area contributed by atoms with Crippen LogP contribution in [0, 0.1) is 0 Å². The fraction of sp³-hybridized carbons (Fsp3) is 0.900.